The SMILES string of the molecule is CC(=O)Nc1cc(C(=O)Nc2ccc(Cc3ccncc3)cc2)ccc1C. The highest BCUT2D eigenvalue weighted by Crippen LogP contribution is 2.19. The van der Waals surface area contributed by atoms with E-state index in [4.69, 9.17) is 0 Å². The number of benzene rings is 2. The van der Waals surface area contributed by atoms with Crippen LogP contribution in [0.3, 0.4) is 0 Å². The lowest BCUT2D eigenvalue weighted by Gasteiger charge is -2.10. The average molecular weight is 359 g/mol. The molecule has 0 aliphatic heterocycles. The number of pyridine rings is 1. The molecule has 0 radical (unpaired) electrons. The Morgan fingerprint density at radius 2 is 1.56 bits per heavy atom. The summed E-state index contributed by atoms with van der Waals surface area (Å²) < 4.78 is 0. The van der Waals surface area contributed by atoms with Crippen LogP contribution in [-0.2, 0) is 11.2 Å². The second-order valence-electron chi connectivity index (χ2n) is 6.39. The Morgan fingerprint density at radius 3 is 2.22 bits per heavy atom. The number of hydrogen-bond acceptors (Lipinski definition) is 3. The maximum atomic E-state index is 12.5. The van der Waals surface area contributed by atoms with E-state index < -0.39 is 0 Å². The van der Waals surface area contributed by atoms with Gasteiger partial charge in [-0.2, -0.15) is 0 Å². The molecule has 0 aliphatic rings. The van der Waals surface area contributed by atoms with Gasteiger partial charge >= 0.3 is 0 Å². The largest absolute Gasteiger partial charge is 0.326 e. The van der Waals surface area contributed by atoms with E-state index in [1.165, 1.54) is 12.5 Å². The number of carbonyl (C=O) groups excluding carboxylic acids is 2. The second kappa shape index (κ2) is 8.27. The van der Waals surface area contributed by atoms with Crippen molar-refractivity contribution in [3.8, 4) is 0 Å². The van der Waals surface area contributed by atoms with Crippen molar-refractivity contribution in [2.75, 3.05) is 10.6 Å². The van der Waals surface area contributed by atoms with E-state index in [0.717, 1.165) is 23.2 Å². The first-order chi connectivity index (χ1) is 13.0. The molecule has 27 heavy (non-hydrogen) atoms. The number of amides is 2. The molecule has 2 N–H and O–H groups in total. The lowest BCUT2D eigenvalue weighted by molar-refractivity contribution is -0.114. The molecule has 1 heterocycles. The molecule has 5 nitrogen and oxygen atoms in total. The molecule has 0 fully saturated rings. The van der Waals surface area contributed by atoms with Crippen LogP contribution in [0.1, 0.15) is 34.0 Å². The highest BCUT2D eigenvalue weighted by Gasteiger charge is 2.09. The first-order valence-electron chi connectivity index (χ1n) is 8.69. The Morgan fingerprint density at radius 1 is 0.889 bits per heavy atom. The van der Waals surface area contributed by atoms with Crippen LogP contribution in [0.15, 0.2) is 67.0 Å². The van der Waals surface area contributed by atoms with Crippen LogP contribution in [0.5, 0.6) is 0 Å². The summed E-state index contributed by atoms with van der Waals surface area (Å²) in [4.78, 5) is 27.8. The summed E-state index contributed by atoms with van der Waals surface area (Å²) in [5.41, 5.74) is 5.10. The lowest BCUT2D eigenvalue weighted by Crippen LogP contribution is -2.13. The van der Waals surface area contributed by atoms with Gasteiger partial charge in [-0.1, -0.05) is 18.2 Å². The van der Waals surface area contributed by atoms with E-state index in [2.05, 4.69) is 15.6 Å². The number of nitrogens with zero attached hydrogens (tertiary/aromatic N) is 1. The zero-order valence-corrected chi connectivity index (χ0v) is 15.3. The predicted octanol–water partition coefficient (Wildman–Crippen LogP) is 4.19. The molecule has 0 saturated carbocycles. The normalized spacial score (nSPS) is 10.3. The summed E-state index contributed by atoms with van der Waals surface area (Å²) in [5.74, 6) is -0.385. The zero-order chi connectivity index (χ0) is 19.2. The second-order valence-corrected chi connectivity index (χ2v) is 6.39. The molecular formula is C22H21N3O2. The minimum absolute atomic E-state index is 0.166. The topological polar surface area (TPSA) is 71.1 Å². The molecule has 2 aromatic carbocycles. The van der Waals surface area contributed by atoms with Crippen LogP contribution >= 0.6 is 0 Å². The van der Waals surface area contributed by atoms with Gasteiger partial charge < -0.3 is 10.6 Å². The molecule has 0 unspecified atom stereocenters. The molecule has 2 amide bonds. The summed E-state index contributed by atoms with van der Waals surface area (Å²) >= 11 is 0. The maximum Gasteiger partial charge on any atom is 0.255 e. The van der Waals surface area contributed by atoms with Crippen molar-refractivity contribution in [1.82, 2.24) is 4.98 Å². The summed E-state index contributed by atoms with van der Waals surface area (Å²) in [6, 6.07) is 17.0. The van der Waals surface area contributed by atoms with Gasteiger partial charge in [-0.05, 0) is 66.4 Å². The number of carbonyl (C=O) groups is 2. The van der Waals surface area contributed by atoms with Crippen molar-refractivity contribution < 1.29 is 9.59 Å². The molecule has 0 saturated heterocycles. The van der Waals surface area contributed by atoms with Crippen molar-refractivity contribution in [2.24, 2.45) is 0 Å². The monoisotopic (exact) mass is 359 g/mol. The first-order valence-corrected chi connectivity index (χ1v) is 8.69. The molecule has 5 heteroatoms. The fourth-order valence-corrected chi connectivity index (χ4v) is 2.73. The Kier molecular flexibility index (Phi) is 5.61. The number of anilines is 2. The van der Waals surface area contributed by atoms with Gasteiger partial charge in [0.2, 0.25) is 5.91 Å². The minimum atomic E-state index is -0.219. The van der Waals surface area contributed by atoms with Crippen LogP contribution in [0.25, 0.3) is 0 Å². The van der Waals surface area contributed by atoms with E-state index in [0.29, 0.717) is 11.3 Å². The standard InChI is InChI=1S/C22H21N3O2/c1-15-3-6-19(14-21(15)24-16(2)26)22(27)25-20-7-4-17(5-8-20)13-18-9-11-23-12-10-18/h3-12,14H,13H2,1-2H3,(H,24,26)(H,25,27). The molecular weight excluding hydrogens is 338 g/mol. The van der Waals surface area contributed by atoms with Crippen LogP contribution in [0, 0.1) is 6.92 Å². The van der Waals surface area contributed by atoms with Gasteiger partial charge in [-0.25, -0.2) is 0 Å². The van der Waals surface area contributed by atoms with Crippen LogP contribution in [0.2, 0.25) is 0 Å². The summed E-state index contributed by atoms with van der Waals surface area (Å²) in [6.07, 6.45) is 4.37. The van der Waals surface area contributed by atoms with E-state index in [1.807, 2.05) is 49.4 Å². The Bertz CT molecular complexity index is 951. The van der Waals surface area contributed by atoms with E-state index in [-0.39, 0.29) is 11.8 Å². The molecule has 0 atom stereocenters. The van der Waals surface area contributed by atoms with Crippen LogP contribution < -0.4 is 10.6 Å². The van der Waals surface area contributed by atoms with E-state index >= 15 is 0 Å². The molecule has 1 aromatic heterocycles. The molecule has 0 spiro atoms. The van der Waals surface area contributed by atoms with Crippen LogP contribution in [-0.4, -0.2) is 16.8 Å². The fraction of sp³-hybridized carbons (Fsp3) is 0.136. The number of rotatable bonds is 5. The molecule has 136 valence electrons. The lowest BCUT2D eigenvalue weighted by atomic mass is 10.1. The van der Waals surface area contributed by atoms with Gasteiger partial charge in [0, 0.05) is 36.3 Å². The summed E-state index contributed by atoms with van der Waals surface area (Å²) in [5, 5.41) is 5.63. The van der Waals surface area contributed by atoms with Gasteiger partial charge in [-0.15, -0.1) is 0 Å². The molecule has 0 aliphatic carbocycles. The maximum absolute atomic E-state index is 12.5. The highest BCUT2D eigenvalue weighted by molar-refractivity contribution is 6.05. The smallest absolute Gasteiger partial charge is 0.255 e. The van der Waals surface area contributed by atoms with Crippen molar-refractivity contribution in [3.05, 3.63) is 89.2 Å². The van der Waals surface area contributed by atoms with Gasteiger partial charge in [-0.3, -0.25) is 14.6 Å². The third-order valence-electron chi connectivity index (χ3n) is 4.18. The highest BCUT2D eigenvalue weighted by atomic mass is 16.2. The zero-order valence-electron chi connectivity index (χ0n) is 15.3. The number of aromatic nitrogens is 1. The van der Waals surface area contributed by atoms with Crippen LogP contribution in [0.4, 0.5) is 11.4 Å². The van der Waals surface area contributed by atoms with Crippen molar-refractivity contribution in [3.63, 3.8) is 0 Å². The quantitative estimate of drug-likeness (QED) is 0.717. The summed E-state index contributed by atoms with van der Waals surface area (Å²) in [6.45, 7) is 3.33. The van der Waals surface area contributed by atoms with Gasteiger partial charge in [0.05, 0.1) is 0 Å². The minimum Gasteiger partial charge on any atom is -0.326 e. The van der Waals surface area contributed by atoms with Gasteiger partial charge in [0.15, 0.2) is 0 Å². The molecule has 3 aromatic rings. The van der Waals surface area contributed by atoms with Gasteiger partial charge in [0.1, 0.15) is 0 Å². The number of aryl methyl sites for hydroxylation is 1. The Hall–Kier alpha value is -3.47. The van der Waals surface area contributed by atoms with Crippen molar-refractivity contribution in [1.29, 1.82) is 0 Å². The average Bonchev–Trinajstić information content (AvgIpc) is 2.65. The van der Waals surface area contributed by atoms with E-state index in [1.54, 1.807) is 24.5 Å². The number of nitrogens with one attached hydrogen (secondary N) is 2. The summed E-state index contributed by atoms with van der Waals surface area (Å²) in [7, 11) is 0. The third-order valence-corrected chi connectivity index (χ3v) is 4.18. The van der Waals surface area contributed by atoms with Crippen molar-refractivity contribution >= 4 is 23.2 Å². The fourth-order valence-electron chi connectivity index (χ4n) is 2.73. The Balaban J connectivity index is 1.68. The molecule has 3 rings (SSSR count). The third kappa shape index (κ3) is 5.01. The number of hydrogen-bond donors (Lipinski definition) is 2. The Labute approximate surface area is 158 Å². The molecule has 0 bridgehead atoms. The van der Waals surface area contributed by atoms with Crippen molar-refractivity contribution in [2.45, 2.75) is 20.3 Å². The predicted molar refractivity (Wildman–Crippen MR) is 107 cm³/mol. The van der Waals surface area contributed by atoms with Gasteiger partial charge in [0.25, 0.3) is 5.91 Å². The van der Waals surface area contributed by atoms with E-state index in [9.17, 15) is 9.59 Å². The first kappa shape index (κ1) is 18.3.